The van der Waals surface area contributed by atoms with E-state index in [0.29, 0.717) is 17.6 Å². The number of thiazole rings is 1. The minimum atomic E-state index is -0.171. The van der Waals surface area contributed by atoms with E-state index in [9.17, 15) is 4.79 Å². The molecule has 3 aromatic heterocycles. The van der Waals surface area contributed by atoms with Crippen LogP contribution in [0.1, 0.15) is 41.8 Å². The van der Waals surface area contributed by atoms with Crippen molar-refractivity contribution < 1.29 is 4.79 Å². The average molecular weight is 315 g/mol. The quantitative estimate of drug-likeness (QED) is 0.805. The van der Waals surface area contributed by atoms with Crippen molar-refractivity contribution >= 4 is 22.8 Å². The Morgan fingerprint density at radius 3 is 2.91 bits per heavy atom. The minimum Gasteiger partial charge on any atom is -0.345 e. The lowest BCUT2D eigenvalue weighted by atomic mass is 9.93. The van der Waals surface area contributed by atoms with E-state index < -0.39 is 0 Å². The molecule has 3 heterocycles. The fourth-order valence-electron chi connectivity index (χ4n) is 2.00. The summed E-state index contributed by atoms with van der Waals surface area (Å²) in [5.74, 6) is -0.171. The Bertz CT molecular complexity index is 815. The predicted molar refractivity (Wildman–Crippen MR) is 85.0 cm³/mol. The van der Waals surface area contributed by atoms with E-state index in [1.165, 1.54) is 0 Å². The van der Waals surface area contributed by atoms with Crippen LogP contribution >= 0.6 is 11.3 Å². The predicted octanol–water partition coefficient (Wildman–Crippen LogP) is 2.41. The van der Waals surface area contributed by atoms with Crippen LogP contribution in [0.2, 0.25) is 0 Å². The molecule has 0 spiro atoms. The van der Waals surface area contributed by atoms with Gasteiger partial charge in [0.15, 0.2) is 0 Å². The summed E-state index contributed by atoms with van der Waals surface area (Å²) in [6.07, 6.45) is 6.52. The number of fused-ring (bicyclic) bond motifs is 1. The van der Waals surface area contributed by atoms with Crippen LogP contribution in [-0.4, -0.2) is 25.5 Å². The van der Waals surface area contributed by atoms with Crippen molar-refractivity contribution in [3.8, 4) is 0 Å². The van der Waals surface area contributed by atoms with E-state index >= 15 is 0 Å². The molecule has 1 N–H and O–H groups in total. The van der Waals surface area contributed by atoms with Gasteiger partial charge in [-0.25, -0.2) is 9.50 Å². The van der Waals surface area contributed by atoms with E-state index in [2.05, 4.69) is 41.2 Å². The molecule has 7 heteroatoms. The molecule has 0 aliphatic heterocycles. The lowest BCUT2D eigenvalue weighted by Gasteiger charge is -2.14. The largest absolute Gasteiger partial charge is 0.345 e. The minimum absolute atomic E-state index is 0.0207. The third kappa shape index (κ3) is 2.85. The van der Waals surface area contributed by atoms with Gasteiger partial charge in [0.2, 0.25) is 0 Å². The number of amides is 1. The Kier molecular flexibility index (Phi) is 3.66. The molecule has 3 aromatic rings. The SMILES string of the molecule is CC(C)(C)c1csc(CNC(=O)c2cnn3ccncc23)n1. The van der Waals surface area contributed by atoms with Gasteiger partial charge in [-0.1, -0.05) is 20.8 Å². The number of nitrogens with zero attached hydrogens (tertiary/aromatic N) is 4. The maximum absolute atomic E-state index is 12.3. The van der Waals surface area contributed by atoms with Crippen molar-refractivity contribution in [3.05, 3.63) is 46.4 Å². The topological polar surface area (TPSA) is 72.2 Å². The van der Waals surface area contributed by atoms with Crippen molar-refractivity contribution in [1.82, 2.24) is 24.9 Å². The van der Waals surface area contributed by atoms with Crippen LogP contribution in [-0.2, 0) is 12.0 Å². The average Bonchev–Trinajstić information content (AvgIpc) is 3.11. The number of carbonyl (C=O) groups is 1. The van der Waals surface area contributed by atoms with E-state index in [0.717, 1.165) is 10.7 Å². The number of rotatable bonds is 3. The molecule has 0 aliphatic carbocycles. The molecule has 0 saturated carbocycles. The number of aromatic nitrogens is 4. The molecule has 1 amide bonds. The molecular formula is C15H17N5OS. The lowest BCUT2D eigenvalue weighted by molar-refractivity contribution is 0.0952. The summed E-state index contributed by atoms with van der Waals surface area (Å²) < 4.78 is 1.63. The molecule has 0 unspecified atom stereocenters. The maximum Gasteiger partial charge on any atom is 0.255 e. The van der Waals surface area contributed by atoms with Crippen molar-refractivity contribution in [2.75, 3.05) is 0 Å². The van der Waals surface area contributed by atoms with Crippen LogP contribution in [0.15, 0.2) is 30.2 Å². The second-order valence-corrected chi connectivity index (χ2v) is 6.97. The highest BCUT2D eigenvalue weighted by Gasteiger charge is 2.18. The molecule has 0 fully saturated rings. The summed E-state index contributed by atoms with van der Waals surface area (Å²) >= 11 is 1.56. The van der Waals surface area contributed by atoms with Crippen molar-refractivity contribution in [2.24, 2.45) is 0 Å². The van der Waals surface area contributed by atoms with E-state index in [1.54, 1.807) is 40.6 Å². The molecule has 0 aliphatic rings. The van der Waals surface area contributed by atoms with Crippen molar-refractivity contribution in [3.63, 3.8) is 0 Å². The van der Waals surface area contributed by atoms with Crippen LogP contribution < -0.4 is 5.32 Å². The molecule has 0 aromatic carbocycles. The Labute approximate surface area is 132 Å². The van der Waals surface area contributed by atoms with Gasteiger partial charge < -0.3 is 5.32 Å². The molecule has 0 saturated heterocycles. The molecule has 3 rings (SSSR count). The van der Waals surface area contributed by atoms with Crippen LogP contribution in [0.25, 0.3) is 5.52 Å². The highest BCUT2D eigenvalue weighted by molar-refractivity contribution is 7.09. The number of hydrogen-bond donors (Lipinski definition) is 1. The van der Waals surface area contributed by atoms with E-state index in [1.807, 2.05) is 5.38 Å². The van der Waals surface area contributed by atoms with E-state index in [-0.39, 0.29) is 11.3 Å². The number of hydrogen-bond acceptors (Lipinski definition) is 5. The molecular weight excluding hydrogens is 298 g/mol. The Hall–Kier alpha value is -2.28. The molecule has 114 valence electrons. The van der Waals surface area contributed by atoms with Crippen molar-refractivity contribution in [2.45, 2.75) is 32.7 Å². The maximum atomic E-state index is 12.3. The first-order valence-corrected chi connectivity index (χ1v) is 7.83. The van der Waals surface area contributed by atoms with Crippen molar-refractivity contribution in [1.29, 1.82) is 0 Å². The summed E-state index contributed by atoms with van der Waals surface area (Å²) in [5, 5.41) is 9.96. The summed E-state index contributed by atoms with van der Waals surface area (Å²) in [6.45, 7) is 6.78. The highest BCUT2D eigenvalue weighted by Crippen LogP contribution is 2.23. The molecule has 0 radical (unpaired) electrons. The first kappa shape index (κ1) is 14.6. The van der Waals surface area contributed by atoms with Gasteiger partial charge in [0.25, 0.3) is 5.91 Å². The first-order chi connectivity index (χ1) is 10.4. The normalized spacial score (nSPS) is 11.8. The van der Waals surface area contributed by atoms with Gasteiger partial charge in [-0.2, -0.15) is 5.10 Å². The number of nitrogens with one attached hydrogen (secondary N) is 1. The van der Waals surface area contributed by atoms with Crippen LogP contribution in [0, 0.1) is 0 Å². The third-order valence-electron chi connectivity index (χ3n) is 3.29. The molecule has 0 bridgehead atoms. The summed E-state index contributed by atoms with van der Waals surface area (Å²) in [6, 6.07) is 0. The molecule has 0 atom stereocenters. The Balaban J connectivity index is 1.71. The van der Waals surface area contributed by atoms with Gasteiger partial charge in [-0.3, -0.25) is 9.78 Å². The second-order valence-electron chi connectivity index (χ2n) is 6.02. The summed E-state index contributed by atoms with van der Waals surface area (Å²) in [4.78, 5) is 20.9. The van der Waals surface area contributed by atoms with Crippen LogP contribution in [0.3, 0.4) is 0 Å². The Morgan fingerprint density at radius 2 is 2.18 bits per heavy atom. The number of carbonyl (C=O) groups excluding carboxylic acids is 1. The smallest absolute Gasteiger partial charge is 0.255 e. The summed E-state index contributed by atoms with van der Waals surface area (Å²) in [5.41, 5.74) is 2.27. The molecule has 22 heavy (non-hydrogen) atoms. The standard InChI is InChI=1S/C15H17N5OS/c1-15(2,3)12-9-22-13(19-12)8-17-14(21)10-6-18-20-5-4-16-7-11(10)20/h4-7,9H,8H2,1-3H3,(H,17,21). The second kappa shape index (κ2) is 5.49. The Morgan fingerprint density at radius 1 is 1.36 bits per heavy atom. The molecule has 6 nitrogen and oxygen atoms in total. The zero-order valence-electron chi connectivity index (χ0n) is 12.7. The van der Waals surface area contributed by atoms with Crippen LogP contribution in [0.4, 0.5) is 0 Å². The van der Waals surface area contributed by atoms with E-state index in [4.69, 9.17) is 0 Å². The van der Waals surface area contributed by atoms with Gasteiger partial charge in [-0.15, -0.1) is 11.3 Å². The van der Waals surface area contributed by atoms with Crippen LogP contribution in [0.5, 0.6) is 0 Å². The lowest BCUT2D eigenvalue weighted by Crippen LogP contribution is -2.22. The van der Waals surface area contributed by atoms with Gasteiger partial charge >= 0.3 is 0 Å². The first-order valence-electron chi connectivity index (χ1n) is 6.95. The summed E-state index contributed by atoms with van der Waals surface area (Å²) in [7, 11) is 0. The zero-order valence-corrected chi connectivity index (χ0v) is 13.5. The fourth-order valence-corrected chi connectivity index (χ4v) is 2.96. The monoisotopic (exact) mass is 315 g/mol. The van der Waals surface area contributed by atoms with Gasteiger partial charge in [-0.05, 0) is 0 Å². The third-order valence-corrected chi connectivity index (χ3v) is 4.14. The fraction of sp³-hybridized carbons (Fsp3) is 0.333. The highest BCUT2D eigenvalue weighted by atomic mass is 32.1. The van der Waals surface area contributed by atoms with Gasteiger partial charge in [0.1, 0.15) is 5.01 Å². The van der Waals surface area contributed by atoms with Gasteiger partial charge in [0, 0.05) is 23.2 Å². The van der Waals surface area contributed by atoms with Gasteiger partial charge in [0.05, 0.1) is 35.7 Å². The zero-order chi connectivity index (χ0) is 15.7.